The zero-order chi connectivity index (χ0) is 27.5. The molecule has 39 heavy (non-hydrogen) atoms. The Morgan fingerprint density at radius 3 is 1.85 bits per heavy atom. The molecule has 0 aromatic heterocycles. The molecule has 2 bridgehead atoms. The molecule has 0 atom stereocenters. The van der Waals surface area contributed by atoms with Crippen molar-refractivity contribution in [2.24, 2.45) is 5.92 Å². The van der Waals surface area contributed by atoms with E-state index in [-0.39, 0.29) is 5.60 Å². The molecular weight excluding hydrogens is 478 g/mol. The van der Waals surface area contributed by atoms with Gasteiger partial charge < -0.3 is 14.7 Å². The SMILES string of the molecule is CCCCCCCCCCCCCCc1cc(O)c2c(c1)OC(CCCC)(CCCC)C1=C2C2CCN1CC2. The average Bonchev–Trinajstić information content (AvgIpc) is 2.95. The van der Waals surface area contributed by atoms with Crippen molar-refractivity contribution in [2.75, 3.05) is 13.1 Å². The lowest BCUT2D eigenvalue weighted by Gasteiger charge is -2.54. The van der Waals surface area contributed by atoms with Crippen molar-refractivity contribution in [3.63, 3.8) is 0 Å². The summed E-state index contributed by atoms with van der Waals surface area (Å²) in [7, 11) is 0. The number of benzene rings is 1. The number of phenolic OH excluding ortho intramolecular Hbond substituents is 1. The van der Waals surface area contributed by atoms with Gasteiger partial charge in [0.15, 0.2) is 0 Å². The van der Waals surface area contributed by atoms with Crippen molar-refractivity contribution in [1.82, 2.24) is 4.90 Å². The van der Waals surface area contributed by atoms with Crippen LogP contribution in [0.2, 0.25) is 0 Å². The highest BCUT2D eigenvalue weighted by molar-refractivity contribution is 5.83. The Kier molecular flexibility index (Phi) is 12.0. The first kappa shape index (κ1) is 30.3. The maximum Gasteiger partial charge on any atom is 0.149 e. The third kappa shape index (κ3) is 7.56. The van der Waals surface area contributed by atoms with Crippen LogP contribution in [0.15, 0.2) is 17.8 Å². The fourth-order valence-corrected chi connectivity index (χ4v) is 7.58. The van der Waals surface area contributed by atoms with Crippen LogP contribution in [0, 0.1) is 5.92 Å². The molecule has 1 aromatic carbocycles. The van der Waals surface area contributed by atoms with Crippen molar-refractivity contribution in [3.05, 3.63) is 29.0 Å². The van der Waals surface area contributed by atoms with Gasteiger partial charge in [0.2, 0.25) is 0 Å². The number of ether oxygens (including phenoxy) is 1. The van der Waals surface area contributed by atoms with Crippen LogP contribution in [0.25, 0.3) is 5.57 Å². The molecule has 4 heterocycles. The molecule has 1 saturated heterocycles. The highest BCUT2D eigenvalue weighted by Gasteiger charge is 2.50. The Morgan fingerprint density at radius 2 is 1.28 bits per heavy atom. The Morgan fingerprint density at radius 1 is 0.744 bits per heavy atom. The van der Waals surface area contributed by atoms with Gasteiger partial charge in [0, 0.05) is 13.1 Å². The molecule has 0 radical (unpaired) electrons. The smallest absolute Gasteiger partial charge is 0.149 e. The van der Waals surface area contributed by atoms with Gasteiger partial charge in [-0.1, -0.05) is 104 Å². The first-order valence-electron chi connectivity index (χ1n) is 17.2. The van der Waals surface area contributed by atoms with Crippen LogP contribution in [0.5, 0.6) is 11.5 Å². The third-order valence-corrected chi connectivity index (χ3v) is 9.81. The van der Waals surface area contributed by atoms with Gasteiger partial charge in [-0.05, 0) is 80.6 Å². The van der Waals surface area contributed by atoms with Crippen molar-refractivity contribution in [3.8, 4) is 11.5 Å². The monoisotopic (exact) mass is 537 g/mol. The molecule has 0 unspecified atom stereocenters. The number of aromatic hydroxyl groups is 1. The number of aryl methyl sites for hydroxylation is 1. The van der Waals surface area contributed by atoms with Gasteiger partial charge in [-0.15, -0.1) is 0 Å². The molecule has 0 spiro atoms. The predicted molar refractivity (Wildman–Crippen MR) is 167 cm³/mol. The average molecular weight is 538 g/mol. The standard InChI is InChI=1S/C36H59NO2/c1-4-7-10-11-12-13-14-15-16-17-18-19-20-29-27-31(38)34-32(28-29)39-36(23-8-5-2,24-9-6-3)35-33(34)30-21-25-37(35)26-22-30/h27-28,30,38H,4-26H2,1-3H3. The largest absolute Gasteiger partial charge is 0.507 e. The van der Waals surface area contributed by atoms with E-state index in [2.05, 4.69) is 37.8 Å². The van der Waals surface area contributed by atoms with Gasteiger partial charge in [-0.25, -0.2) is 0 Å². The third-order valence-electron chi connectivity index (χ3n) is 9.81. The fraction of sp³-hybridized carbons (Fsp3) is 0.778. The molecule has 1 aromatic rings. The van der Waals surface area contributed by atoms with Gasteiger partial charge in [-0.3, -0.25) is 0 Å². The molecule has 220 valence electrons. The van der Waals surface area contributed by atoms with E-state index in [0.29, 0.717) is 11.7 Å². The van der Waals surface area contributed by atoms with Gasteiger partial charge in [0.05, 0.1) is 11.3 Å². The van der Waals surface area contributed by atoms with Crippen LogP contribution in [0.1, 0.15) is 160 Å². The van der Waals surface area contributed by atoms with Gasteiger partial charge in [0.1, 0.15) is 17.1 Å². The van der Waals surface area contributed by atoms with E-state index >= 15 is 0 Å². The summed E-state index contributed by atoms with van der Waals surface area (Å²) in [5.74, 6) is 2.01. The normalized spacial score (nSPS) is 17.9. The minimum atomic E-state index is -0.214. The lowest BCUT2D eigenvalue weighted by Crippen LogP contribution is -2.53. The Balaban J connectivity index is 1.38. The minimum absolute atomic E-state index is 0.214. The summed E-state index contributed by atoms with van der Waals surface area (Å²) in [5, 5.41) is 11.4. The van der Waals surface area contributed by atoms with E-state index in [1.54, 1.807) is 0 Å². The van der Waals surface area contributed by atoms with Crippen molar-refractivity contribution in [1.29, 1.82) is 0 Å². The summed E-state index contributed by atoms with van der Waals surface area (Å²) in [6.07, 6.45) is 26.9. The number of nitrogens with zero attached hydrogens (tertiary/aromatic N) is 1. The van der Waals surface area contributed by atoms with E-state index < -0.39 is 0 Å². The quantitative estimate of drug-likeness (QED) is 0.178. The van der Waals surface area contributed by atoms with E-state index in [1.807, 2.05) is 0 Å². The fourth-order valence-electron chi connectivity index (χ4n) is 7.58. The number of hydrogen-bond donors (Lipinski definition) is 1. The second-order valence-corrected chi connectivity index (χ2v) is 13.0. The molecule has 0 saturated carbocycles. The topological polar surface area (TPSA) is 32.7 Å². The highest BCUT2D eigenvalue weighted by atomic mass is 16.5. The molecule has 0 aliphatic carbocycles. The zero-order valence-electron chi connectivity index (χ0n) is 25.8. The second-order valence-electron chi connectivity index (χ2n) is 13.0. The number of fused-ring (bicyclic) bond motifs is 3. The van der Waals surface area contributed by atoms with Crippen LogP contribution >= 0.6 is 0 Å². The Hall–Kier alpha value is -1.64. The van der Waals surface area contributed by atoms with E-state index in [0.717, 1.165) is 43.7 Å². The summed E-state index contributed by atoms with van der Waals surface area (Å²) in [4.78, 5) is 2.63. The molecule has 3 heteroatoms. The summed E-state index contributed by atoms with van der Waals surface area (Å²) in [5.41, 5.74) is 4.96. The highest BCUT2D eigenvalue weighted by Crippen LogP contribution is 2.56. The van der Waals surface area contributed by atoms with Crippen molar-refractivity contribution < 1.29 is 9.84 Å². The van der Waals surface area contributed by atoms with Crippen LogP contribution in [-0.4, -0.2) is 28.7 Å². The minimum Gasteiger partial charge on any atom is -0.507 e. The second kappa shape index (κ2) is 15.4. The lowest BCUT2D eigenvalue weighted by molar-refractivity contribution is 0.0301. The molecule has 1 fully saturated rings. The number of rotatable bonds is 19. The van der Waals surface area contributed by atoms with Crippen LogP contribution in [0.4, 0.5) is 0 Å². The molecule has 5 rings (SSSR count). The molecule has 0 amide bonds. The van der Waals surface area contributed by atoms with E-state index in [9.17, 15) is 5.11 Å². The molecule has 4 aliphatic heterocycles. The maximum atomic E-state index is 11.4. The lowest BCUT2D eigenvalue weighted by atomic mass is 9.70. The molecule has 4 aliphatic rings. The summed E-state index contributed by atoms with van der Waals surface area (Å²) < 4.78 is 7.12. The number of hydrogen-bond acceptors (Lipinski definition) is 3. The van der Waals surface area contributed by atoms with E-state index in [4.69, 9.17) is 4.74 Å². The van der Waals surface area contributed by atoms with Crippen molar-refractivity contribution >= 4 is 5.57 Å². The number of piperidine rings is 1. The van der Waals surface area contributed by atoms with Gasteiger partial charge in [0.25, 0.3) is 0 Å². The Bertz CT molecular complexity index is 903. The predicted octanol–water partition coefficient (Wildman–Crippen LogP) is 10.6. The number of phenols is 1. The molecule has 1 N–H and O–H groups in total. The summed E-state index contributed by atoms with van der Waals surface area (Å²) in [6.45, 7) is 9.19. The number of unbranched alkanes of at least 4 members (excludes halogenated alkanes) is 13. The maximum absolute atomic E-state index is 11.4. The number of allylic oxidation sites excluding steroid dienone is 1. The molecular formula is C36H59NO2. The summed E-state index contributed by atoms with van der Waals surface area (Å²) >= 11 is 0. The molecule has 3 nitrogen and oxygen atoms in total. The van der Waals surface area contributed by atoms with Gasteiger partial charge in [-0.2, -0.15) is 0 Å². The summed E-state index contributed by atoms with van der Waals surface area (Å²) in [6, 6.07) is 4.37. The van der Waals surface area contributed by atoms with Gasteiger partial charge >= 0.3 is 0 Å². The van der Waals surface area contributed by atoms with Crippen LogP contribution in [-0.2, 0) is 6.42 Å². The Labute approximate surface area is 240 Å². The van der Waals surface area contributed by atoms with Crippen LogP contribution in [0.3, 0.4) is 0 Å². The van der Waals surface area contributed by atoms with Crippen LogP contribution < -0.4 is 4.74 Å². The zero-order valence-corrected chi connectivity index (χ0v) is 25.8. The first-order chi connectivity index (χ1) is 19.1. The first-order valence-corrected chi connectivity index (χ1v) is 17.2. The van der Waals surface area contributed by atoms with E-state index in [1.165, 1.54) is 132 Å². The van der Waals surface area contributed by atoms with Crippen molar-refractivity contribution in [2.45, 2.75) is 161 Å².